The number of nitrogens with zero attached hydrogens (tertiary/aromatic N) is 4. The molecule has 0 radical (unpaired) electrons. The molecule has 0 spiro atoms. The molecule has 2 amide bonds. The molecule has 1 saturated heterocycles. The van der Waals surface area contributed by atoms with E-state index >= 15 is 0 Å². The van der Waals surface area contributed by atoms with Gasteiger partial charge in [-0.15, -0.1) is 33.3 Å². The summed E-state index contributed by atoms with van der Waals surface area (Å²) in [4.78, 5) is 57.5. The fraction of sp³-hybridized carbons (Fsp3) is 0.480. The molecule has 4 rings (SSSR count). The zero-order chi connectivity index (χ0) is 29.9. The van der Waals surface area contributed by atoms with Crippen LogP contribution in [0.4, 0.5) is 5.13 Å². The van der Waals surface area contributed by atoms with E-state index in [0.29, 0.717) is 39.9 Å². The van der Waals surface area contributed by atoms with Crippen molar-refractivity contribution >= 4 is 80.7 Å². The Labute approximate surface area is 253 Å². The summed E-state index contributed by atoms with van der Waals surface area (Å²) >= 11 is 5.48. The fourth-order valence-corrected chi connectivity index (χ4v) is 7.70. The van der Waals surface area contributed by atoms with Gasteiger partial charge < -0.3 is 20.5 Å². The number of hydrogen-bond acceptors (Lipinski definition) is 14. The molecular formula is C25H30N6O6S4. The van der Waals surface area contributed by atoms with Crippen LogP contribution in [0.3, 0.4) is 0 Å². The Morgan fingerprint density at radius 2 is 2.02 bits per heavy atom. The summed E-state index contributed by atoms with van der Waals surface area (Å²) in [5, 5.41) is 13.2. The average molecular weight is 639 g/mol. The number of anilines is 1. The summed E-state index contributed by atoms with van der Waals surface area (Å²) in [6.45, 7) is 8.21. The number of nitrogens with two attached hydrogens (primary N) is 1. The van der Waals surface area contributed by atoms with Gasteiger partial charge in [-0.2, -0.15) is 0 Å². The van der Waals surface area contributed by atoms with Gasteiger partial charge in [0.1, 0.15) is 22.1 Å². The van der Waals surface area contributed by atoms with Crippen LogP contribution in [0.2, 0.25) is 0 Å². The largest absolute Gasteiger partial charge is 0.427 e. The molecule has 2 atom stereocenters. The predicted octanol–water partition coefficient (Wildman–Crippen LogP) is 3.21. The number of fused-ring (bicyclic) bond motifs is 1. The summed E-state index contributed by atoms with van der Waals surface area (Å²) < 4.78 is 11.1. The molecule has 220 valence electrons. The van der Waals surface area contributed by atoms with E-state index in [1.165, 1.54) is 51.1 Å². The molecule has 16 heteroatoms. The van der Waals surface area contributed by atoms with Gasteiger partial charge in [-0.25, -0.2) is 9.78 Å². The monoisotopic (exact) mass is 638 g/mol. The van der Waals surface area contributed by atoms with Crippen LogP contribution >= 0.6 is 46.2 Å². The minimum absolute atomic E-state index is 0.0846. The molecule has 2 aliphatic rings. The zero-order valence-electron chi connectivity index (χ0n) is 23.1. The number of amides is 2. The highest BCUT2D eigenvalue weighted by Crippen LogP contribution is 2.42. The maximum Gasteiger partial charge on any atom is 0.357 e. The molecule has 2 aliphatic heterocycles. The number of thioether (sulfide) groups is 2. The van der Waals surface area contributed by atoms with Crippen LogP contribution in [-0.2, 0) is 28.7 Å². The van der Waals surface area contributed by atoms with Crippen LogP contribution in [-0.4, -0.2) is 73.5 Å². The molecule has 41 heavy (non-hydrogen) atoms. The Morgan fingerprint density at radius 3 is 2.63 bits per heavy atom. The minimum atomic E-state index is -0.856. The second-order valence-corrected chi connectivity index (χ2v) is 14.4. The van der Waals surface area contributed by atoms with Gasteiger partial charge in [0.15, 0.2) is 9.47 Å². The highest BCUT2D eigenvalue weighted by Gasteiger charge is 2.54. The highest BCUT2D eigenvalue weighted by atomic mass is 32.2. The van der Waals surface area contributed by atoms with Gasteiger partial charge in [0.2, 0.25) is 6.79 Å². The molecule has 0 unspecified atom stereocenters. The molecule has 12 nitrogen and oxygen atoms in total. The van der Waals surface area contributed by atoms with Crippen molar-refractivity contribution in [3.05, 3.63) is 33.4 Å². The number of esters is 2. The molecule has 0 bridgehead atoms. The lowest BCUT2D eigenvalue weighted by molar-refractivity contribution is -0.173. The fourth-order valence-electron chi connectivity index (χ4n) is 3.84. The van der Waals surface area contributed by atoms with E-state index in [1.54, 1.807) is 32.2 Å². The topological polar surface area (TPSA) is 167 Å². The summed E-state index contributed by atoms with van der Waals surface area (Å²) in [5.74, 6) is -1.43. The molecule has 3 N–H and O–H groups in total. The van der Waals surface area contributed by atoms with Gasteiger partial charge in [-0.05, 0) is 39.7 Å². The number of carbonyl (C=O) groups excluding carboxylic acids is 4. The first-order valence-corrected chi connectivity index (χ1v) is 16.3. The van der Waals surface area contributed by atoms with Crippen molar-refractivity contribution in [2.24, 2.45) is 5.41 Å². The van der Waals surface area contributed by atoms with Crippen LogP contribution in [0.1, 0.15) is 44.8 Å². The third-order valence-electron chi connectivity index (χ3n) is 5.85. The smallest absolute Gasteiger partial charge is 0.357 e. The number of nitrogens with one attached hydrogen (secondary N) is 1. The molecule has 2 aromatic rings. The number of rotatable bonds is 10. The third-order valence-corrected chi connectivity index (χ3v) is 9.92. The number of nitrogen functional groups attached to an aromatic ring is 1. The van der Waals surface area contributed by atoms with Crippen LogP contribution < -0.4 is 11.1 Å². The van der Waals surface area contributed by atoms with Gasteiger partial charge >= 0.3 is 11.9 Å². The summed E-state index contributed by atoms with van der Waals surface area (Å²) in [5.41, 5.74) is 6.50. The number of aromatic nitrogens is 3. The number of carbonyl (C=O) groups is 4. The molecule has 0 aliphatic carbocycles. The highest BCUT2D eigenvalue weighted by molar-refractivity contribution is 8.01. The van der Waals surface area contributed by atoms with E-state index in [-0.39, 0.29) is 5.70 Å². The second-order valence-electron chi connectivity index (χ2n) is 10.0. The average Bonchev–Trinajstić information content (AvgIpc) is 3.54. The summed E-state index contributed by atoms with van der Waals surface area (Å²) in [6.07, 6.45) is 2.31. The Balaban J connectivity index is 1.51. The summed E-state index contributed by atoms with van der Waals surface area (Å²) in [6, 6.07) is -0.856. The van der Waals surface area contributed by atoms with Crippen molar-refractivity contribution in [3.8, 4) is 0 Å². The van der Waals surface area contributed by atoms with Crippen molar-refractivity contribution in [3.63, 3.8) is 0 Å². The molecular weight excluding hydrogens is 609 g/mol. The van der Waals surface area contributed by atoms with Crippen molar-refractivity contribution in [1.82, 2.24) is 25.4 Å². The first-order chi connectivity index (χ1) is 19.4. The number of aryl methyl sites for hydroxylation is 1. The summed E-state index contributed by atoms with van der Waals surface area (Å²) in [7, 11) is 0. The molecule has 4 heterocycles. The van der Waals surface area contributed by atoms with Gasteiger partial charge in [-0.1, -0.05) is 36.1 Å². The Bertz CT molecular complexity index is 1410. The normalized spacial score (nSPS) is 19.0. The van der Waals surface area contributed by atoms with Crippen molar-refractivity contribution in [2.75, 3.05) is 24.0 Å². The van der Waals surface area contributed by atoms with Gasteiger partial charge in [0.05, 0.1) is 16.7 Å². The number of ether oxygens (including phenoxy) is 2. The van der Waals surface area contributed by atoms with Crippen LogP contribution in [0.15, 0.2) is 27.1 Å². The number of allylic oxidation sites excluding steroid dienone is 1. The van der Waals surface area contributed by atoms with E-state index in [9.17, 15) is 19.2 Å². The van der Waals surface area contributed by atoms with E-state index < -0.39 is 47.4 Å². The quantitative estimate of drug-likeness (QED) is 0.128. The molecule has 1 fully saturated rings. The van der Waals surface area contributed by atoms with E-state index in [1.807, 2.05) is 13.8 Å². The van der Waals surface area contributed by atoms with Crippen LogP contribution in [0, 0.1) is 12.3 Å². The first-order valence-electron chi connectivity index (χ1n) is 12.6. The molecule has 0 saturated carbocycles. The Hall–Kier alpha value is -2.95. The lowest BCUT2D eigenvalue weighted by Gasteiger charge is -2.49. The number of β-lactam (4-membered cyclic amide) rings is 1. The van der Waals surface area contributed by atoms with E-state index in [2.05, 4.69) is 20.5 Å². The van der Waals surface area contributed by atoms with Crippen molar-refractivity contribution < 1.29 is 28.7 Å². The van der Waals surface area contributed by atoms with Crippen LogP contribution in [0.25, 0.3) is 5.57 Å². The lowest BCUT2D eigenvalue weighted by Crippen LogP contribution is -2.70. The van der Waals surface area contributed by atoms with E-state index in [4.69, 9.17) is 15.2 Å². The third kappa shape index (κ3) is 7.10. The van der Waals surface area contributed by atoms with Gasteiger partial charge in [0.25, 0.3) is 11.8 Å². The van der Waals surface area contributed by atoms with Crippen molar-refractivity contribution in [2.45, 2.75) is 56.8 Å². The number of hydrogen-bond donors (Lipinski definition) is 2. The van der Waals surface area contributed by atoms with Crippen LogP contribution in [0.5, 0.6) is 0 Å². The maximum absolute atomic E-state index is 13.4. The maximum atomic E-state index is 13.4. The Morgan fingerprint density at radius 1 is 1.27 bits per heavy atom. The standard InChI is InChI=1S/C25H30N6O6S4/c1-6-7-14(15-10-39-23(26)27-15)18(32)28-16-19(33)31-17(21(34)36-11-37-22(35)25(3,4)5)13(8-38-20(16)31)9-40-24-30-29-12(2)41-24/h7,10,16,20H,6,8-9,11H2,1-5H3,(H2,26,27)(H,28,32)/b14-7-/t16-,20-/m1/s1. The number of thiazole rings is 1. The predicted molar refractivity (Wildman–Crippen MR) is 159 cm³/mol. The lowest BCUT2D eigenvalue weighted by atomic mass is 9.98. The van der Waals surface area contributed by atoms with Gasteiger partial charge in [0, 0.05) is 16.9 Å². The second kappa shape index (κ2) is 12.9. The van der Waals surface area contributed by atoms with Crippen molar-refractivity contribution in [1.29, 1.82) is 0 Å². The molecule has 0 aromatic carbocycles. The SMILES string of the molecule is CC/C=C(\C(=O)N[C@@H]1C(=O)N2C(C(=O)OCOC(=O)C(C)(C)C)=C(CSc3nnc(C)s3)CS[C@H]12)c1csc(N)n1. The molecule has 2 aromatic heterocycles. The minimum Gasteiger partial charge on any atom is -0.427 e. The van der Waals surface area contributed by atoms with E-state index in [0.717, 1.165) is 9.35 Å². The zero-order valence-corrected chi connectivity index (χ0v) is 26.4. The Kier molecular flexibility index (Phi) is 9.77. The van der Waals surface area contributed by atoms with Gasteiger partial charge in [-0.3, -0.25) is 19.3 Å². The first kappa shape index (κ1) is 31.0.